The Morgan fingerprint density at radius 3 is 2.21 bits per heavy atom. The molecule has 1 aromatic carbocycles. The minimum atomic E-state index is -4.61. The maximum atomic E-state index is 11.8. The summed E-state index contributed by atoms with van der Waals surface area (Å²) in [5.41, 5.74) is 5.22. The van der Waals surface area contributed by atoms with E-state index in [0.717, 1.165) is 63.4 Å². The molecule has 43 heavy (non-hydrogen) atoms. The third kappa shape index (κ3) is 4.70. The number of benzene rings is 1. The number of aryl methyl sites for hydroxylation is 1. The Morgan fingerprint density at radius 2 is 1.53 bits per heavy atom. The number of aliphatic hydroxyl groups is 1. The predicted molar refractivity (Wildman–Crippen MR) is 172 cm³/mol. The van der Waals surface area contributed by atoms with E-state index in [-0.39, 0.29) is 27.8 Å². The Hall–Kier alpha value is -1.37. The fourth-order valence-electron chi connectivity index (χ4n) is 12.6. The van der Waals surface area contributed by atoms with Crippen LogP contribution in [-0.2, 0) is 22.2 Å². The molecule has 0 radical (unpaired) electrons. The summed E-state index contributed by atoms with van der Waals surface area (Å²) in [4.78, 5) is 0. The largest absolute Gasteiger partial charge is 0.446 e. The summed E-state index contributed by atoms with van der Waals surface area (Å²) in [6, 6.07) is 3.68. The van der Waals surface area contributed by atoms with Gasteiger partial charge in [0.25, 0.3) is 0 Å². The Bertz CT molecular complexity index is 1430. The van der Waals surface area contributed by atoms with E-state index < -0.39 is 10.4 Å². The third-order valence-corrected chi connectivity index (χ3v) is 15.2. The van der Waals surface area contributed by atoms with Crippen LogP contribution in [0.25, 0.3) is 0 Å². The fourth-order valence-corrected chi connectivity index (χ4v) is 13.0. The van der Waals surface area contributed by atoms with Crippen LogP contribution in [0.4, 0.5) is 0 Å². The van der Waals surface area contributed by atoms with E-state index in [4.69, 9.17) is 4.18 Å². The molecule has 6 heteroatoms. The van der Waals surface area contributed by atoms with Crippen LogP contribution < -0.4 is 4.18 Å². The SMILES string of the molecule is CC1=CCCC(C)(C)[C@@H]1CC[C@@]1(C)[C@@H]2CC[C@]3(C)[C@H](CC[C@]4(C)c5c(OS(=O)(=O)O)ccc(C)c5C[C@@H]34)[C@@]2(C)CC[C@@H]1O. The van der Waals surface area contributed by atoms with Gasteiger partial charge >= 0.3 is 10.4 Å². The van der Waals surface area contributed by atoms with Crippen molar-refractivity contribution in [3.63, 3.8) is 0 Å². The van der Waals surface area contributed by atoms with Gasteiger partial charge < -0.3 is 9.29 Å². The molecule has 0 unspecified atom stereocenters. The van der Waals surface area contributed by atoms with Gasteiger partial charge in [-0.3, -0.25) is 4.55 Å². The molecule has 0 saturated heterocycles. The first-order valence-electron chi connectivity index (χ1n) is 17.0. The van der Waals surface area contributed by atoms with Gasteiger partial charge in [0.05, 0.1) is 6.10 Å². The number of allylic oxidation sites excluding steroid dienone is 2. The lowest BCUT2D eigenvalue weighted by Crippen LogP contribution is -2.63. The molecule has 6 rings (SSSR count). The average molecular weight is 613 g/mol. The second kappa shape index (κ2) is 10.1. The molecule has 9 atom stereocenters. The Morgan fingerprint density at radius 1 is 0.884 bits per heavy atom. The van der Waals surface area contributed by atoms with Crippen molar-refractivity contribution in [3.8, 4) is 5.75 Å². The van der Waals surface area contributed by atoms with Crippen molar-refractivity contribution in [1.82, 2.24) is 0 Å². The first-order valence-corrected chi connectivity index (χ1v) is 18.4. The van der Waals surface area contributed by atoms with E-state index in [1.807, 2.05) is 6.07 Å². The zero-order chi connectivity index (χ0) is 31.4. The topological polar surface area (TPSA) is 83.8 Å². The lowest BCUT2D eigenvalue weighted by atomic mass is 9.36. The van der Waals surface area contributed by atoms with Crippen molar-refractivity contribution in [3.05, 3.63) is 40.5 Å². The van der Waals surface area contributed by atoms with Crippen LogP contribution in [0.2, 0.25) is 0 Å². The van der Waals surface area contributed by atoms with E-state index in [1.54, 1.807) is 11.6 Å². The minimum absolute atomic E-state index is 0.0887. The highest BCUT2D eigenvalue weighted by Crippen LogP contribution is 2.73. The number of fused-ring (bicyclic) bond motifs is 7. The second-order valence-electron chi connectivity index (χ2n) is 17.2. The zero-order valence-electron chi connectivity index (χ0n) is 27.9. The summed E-state index contributed by atoms with van der Waals surface area (Å²) < 4.78 is 38.5. The van der Waals surface area contributed by atoms with Gasteiger partial charge in [-0.05, 0) is 147 Å². The van der Waals surface area contributed by atoms with Crippen LogP contribution in [0.5, 0.6) is 5.75 Å². The molecule has 5 aliphatic rings. The molecule has 5 nitrogen and oxygen atoms in total. The monoisotopic (exact) mass is 612 g/mol. The number of hydrogen-bond donors (Lipinski definition) is 2. The van der Waals surface area contributed by atoms with Crippen molar-refractivity contribution in [2.45, 2.75) is 138 Å². The number of hydrogen-bond acceptors (Lipinski definition) is 4. The molecule has 2 N–H and O–H groups in total. The summed E-state index contributed by atoms with van der Waals surface area (Å²) in [6.45, 7) is 19.2. The standard InChI is InChI=1S/C37H56O5S/c1-23-11-12-27(42-43(39,40)41)32-25(23)22-30-35(6)19-14-29-34(5,28(35)15-20-37(30,32)8)21-16-31(38)36(29,7)18-13-26-24(2)10-9-17-33(26,3)4/h10-12,26,28-31,38H,9,13-22H2,1-8H3,(H,39,40,41)/t26-,28-,29-,30+,31+,34-,35-,36+,37+/m1/s1. The van der Waals surface area contributed by atoms with Crippen LogP contribution in [0.1, 0.15) is 129 Å². The summed E-state index contributed by atoms with van der Waals surface area (Å²) >= 11 is 0. The number of rotatable bonds is 5. The molecule has 240 valence electrons. The molecule has 0 spiro atoms. The van der Waals surface area contributed by atoms with Gasteiger partial charge in [-0.15, -0.1) is 0 Å². The van der Waals surface area contributed by atoms with Crippen LogP contribution in [-0.4, -0.2) is 24.2 Å². The predicted octanol–water partition coefficient (Wildman–Crippen LogP) is 8.76. The van der Waals surface area contributed by atoms with Gasteiger partial charge in [0.1, 0.15) is 5.75 Å². The third-order valence-electron chi connectivity index (χ3n) is 14.8. The Labute approximate surface area is 261 Å². The van der Waals surface area contributed by atoms with Crippen LogP contribution in [0.3, 0.4) is 0 Å². The Balaban J connectivity index is 1.32. The summed E-state index contributed by atoms with van der Waals surface area (Å²) in [7, 11) is -4.61. The molecule has 0 heterocycles. The summed E-state index contributed by atoms with van der Waals surface area (Å²) in [6.07, 6.45) is 14.1. The van der Waals surface area contributed by atoms with Gasteiger partial charge in [-0.25, -0.2) is 0 Å². The van der Waals surface area contributed by atoms with Crippen LogP contribution in [0, 0.1) is 52.3 Å². The molecular weight excluding hydrogens is 556 g/mol. The van der Waals surface area contributed by atoms with Gasteiger partial charge in [0, 0.05) is 11.0 Å². The van der Waals surface area contributed by atoms with Crippen molar-refractivity contribution in [1.29, 1.82) is 0 Å². The summed E-state index contributed by atoms with van der Waals surface area (Å²) in [5, 5.41) is 11.7. The maximum Gasteiger partial charge on any atom is 0.446 e. The molecule has 3 saturated carbocycles. The van der Waals surface area contributed by atoms with Gasteiger partial charge in [0.15, 0.2) is 0 Å². The van der Waals surface area contributed by atoms with Crippen molar-refractivity contribution in [2.24, 2.45) is 45.3 Å². The normalized spacial score (nSPS) is 43.6. The molecule has 0 aromatic heterocycles. The Kier molecular flexibility index (Phi) is 7.40. The van der Waals surface area contributed by atoms with Crippen LogP contribution >= 0.6 is 0 Å². The average Bonchev–Trinajstić information content (AvgIpc) is 3.22. The molecule has 3 fully saturated rings. The van der Waals surface area contributed by atoms with Crippen molar-refractivity contribution >= 4 is 10.4 Å². The zero-order valence-corrected chi connectivity index (χ0v) is 28.7. The molecule has 0 amide bonds. The molecular formula is C37H56O5S. The molecule has 0 aliphatic heterocycles. The second-order valence-corrected chi connectivity index (χ2v) is 18.3. The first-order chi connectivity index (χ1) is 19.9. The van der Waals surface area contributed by atoms with Crippen molar-refractivity contribution in [2.75, 3.05) is 0 Å². The lowest BCUT2D eigenvalue weighted by Gasteiger charge is -2.68. The minimum Gasteiger partial charge on any atom is -0.393 e. The fraction of sp³-hybridized carbons (Fsp3) is 0.784. The first kappa shape index (κ1) is 31.6. The van der Waals surface area contributed by atoms with E-state index in [0.29, 0.717) is 34.8 Å². The highest BCUT2D eigenvalue weighted by atomic mass is 32.3. The van der Waals surface area contributed by atoms with E-state index in [2.05, 4.69) is 61.5 Å². The highest BCUT2D eigenvalue weighted by Gasteiger charge is 2.67. The van der Waals surface area contributed by atoms with Gasteiger partial charge in [0.2, 0.25) is 0 Å². The lowest BCUT2D eigenvalue weighted by molar-refractivity contribution is -0.208. The maximum absolute atomic E-state index is 11.8. The summed E-state index contributed by atoms with van der Waals surface area (Å²) in [5.74, 6) is 2.31. The molecule has 5 aliphatic carbocycles. The van der Waals surface area contributed by atoms with Crippen LogP contribution in [0.15, 0.2) is 23.8 Å². The highest BCUT2D eigenvalue weighted by molar-refractivity contribution is 7.81. The van der Waals surface area contributed by atoms with Gasteiger partial charge in [-0.1, -0.05) is 59.3 Å². The van der Waals surface area contributed by atoms with E-state index in [9.17, 15) is 18.1 Å². The molecule has 0 bridgehead atoms. The van der Waals surface area contributed by atoms with E-state index in [1.165, 1.54) is 24.0 Å². The van der Waals surface area contributed by atoms with Crippen molar-refractivity contribution < 1.29 is 22.3 Å². The van der Waals surface area contributed by atoms with E-state index >= 15 is 0 Å². The van der Waals surface area contributed by atoms with Gasteiger partial charge in [-0.2, -0.15) is 8.42 Å². The number of aliphatic hydroxyl groups excluding tert-OH is 1. The smallest absolute Gasteiger partial charge is 0.393 e. The molecule has 1 aromatic rings. The quantitative estimate of drug-likeness (QED) is 0.257.